The van der Waals surface area contributed by atoms with Gasteiger partial charge in [-0.3, -0.25) is 14.3 Å². The van der Waals surface area contributed by atoms with Crippen molar-refractivity contribution in [3.63, 3.8) is 0 Å². The van der Waals surface area contributed by atoms with Crippen LogP contribution in [0.2, 0.25) is 0 Å². The Labute approximate surface area is 154 Å². The van der Waals surface area contributed by atoms with Gasteiger partial charge in [0, 0.05) is 7.05 Å². The van der Waals surface area contributed by atoms with Crippen molar-refractivity contribution in [2.75, 3.05) is 12.4 Å². The van der Waals surface area contributed by atoms with Crippen LogP contribution in [-0.2, 0) is 13.7 Å². The Morgan fingerprint density at radius 1 is 1.19 bits per heavy atom. The Hall–Kier alpha value is -3.75. The van der Waals surface area contributed by atoms with Gasteiger partial charge < -0.3 is 24.9 Å². The summed E-state index contributed by atoms with van der Waals surface area (Å²) in [5, 5.41) is 6.46. The summed E-state index contributed by atoms with van der Waals surface area (Å²) >= 11 is 0. The highest BCUT2D eigenvalue weighted by atomic mass is 16.5. The van der Waals surface area contributed by atoms with E-state index in [9.17, 15) is 9.59 Å². The van der Waals surface area contributed by atoms with Crippen molar-refractivity contribution in [2.45, 2.75) is 6.61 Å². The number of aryl methyl sites for hydroxylation is 1. The van der Waals surface area contributed by atoms with Crippen LogP contribution >= 0.6 is 0 Å². The van der Waals surface area contributed by atoms with E-state index >= 15 is 0 Å². The van der Waals surface area contributed by atoms with Gasteiger partial charge in [0.2, 0.25) is 0 Å². The highest BCUT2D eigenvalue weighted by Gasteiger charge is 2.18. The number of hydrogen-bond donors (Lipinski definition) is 2. The van der Waals surface area contributed by atoms with E-state index in [0.29, 0.717) is 11.5 Å². The molecular weight excluding hydrogens is 352 g/mol. The summed E-state index contributed by atoms with van der Waals surface area (Å²) in [4.78, 5) is 23.8. The number of rotatable bonds is 7. The molecule has 0 aliphatic heterocycles. The van der Waals surface area contributed by atoms with E-state index in [2.05, 4.69) is 10.4 Å². The first-order valence-electron chi connectivity index (χ1n) is 7.96. The van der Waals surface area contributed by atoms with Crippen molar-refractivity contribution >= 4 is 17.5 Å². The topological polar surface area (TPSA) is 122 Å². The van der Waals surface area contributed by atoms with E-state index in [-0.39, 0.29) is 23.7 Å². The SMILES string of the molecule is COc1ccc(OCc2ccc(C(=O)Nc3cnn(C)c3C(N)=O)o2)cc1. The van der Waals surface area contributed by atoms with Crippen LogP contribution in [0.15, 0.2) is 47.0 Å². The molecule has 2 aromatic heterocycles. The zero-order valence-corrected chi connectivity index (χ0v) is 14.8. The molecule has 27 heavy (non-hydrogen) atoms. The second-order valence-electron chi connectivity index (χ2n) is 5.58. The molecular formula is C18H18N4O5. The number of ether oxygens (including phenoxy) is 2. The first-order valence-corrected chi connectivity index (χ1v) is 7.96. The van der Waals surface area contributed by atoms with Gasteiger partial charge in [-0.25, -0.2) is 0 Å². The number of methoxy groups -OCH3 is 1. The van der Waals surface area contributed by atoms with E-state index in [1.807, 2.05) is 0 Å². The first-order chi connectivity index (χ1) is 13.0. The minimum Gasteiger partial charge on any atom is -0.497 e. The van der Waals surface area contributed by atoms with Gasteiger partial charge in [-0.05, 0) is 36.4 Å². The number of nitrogens with two attached hydrogens (primary N) is 1. The maximum Gasteiger partial charge on any atom is 0.291 e. The Morgan fingerprint density at radius 3 is 2.56 bits per heavy atom. The zero-order chi connectivity index (χ0) is 19.4. The smallest absolute Gasteiger partial charge is 0.291 e. The largest absolute Gasteiger partial charge is 0.497 e. The molecule has 3 rings (SSSR count). The van der Waals surface area contributed by atoms with Crippen molar-refractivity contribution in [3.8, 4) is 11.5 Å². The molecule has 140 valence electrons. The van der Waals surface area contributed by atoms with E-state index < -0.39 is 11.8 Å². The molecule has 0 unspecified atom stereocenters. The molecule has 1 aromatic carbocycles. The molecule has 0 saturated heterocycles. The third-order valence-electron chi connectivity index (χ3n) is 3.75. The molecule has 0 aliphatic rings. The van der Waals surface area contributed by atoms with Crippen molar-refractivity contribution in [1.29, 1.82) is 0 Å². The summed E-state index contributed by atoms with van der Waals surface area (Å²) < 4.78 is 17.5. The van der Waals surface area contributed by atoms with Crippen LogP contribution in [-0.4, -0.2) is 28.7 Å². The number of anilines is 1. The monoisotopic (exact) mass is 370 g/mol. The molecule has 0 saturated carbocycles. The number of hydrogen-bond acceptors (Lipinski definition) is 6. The van der Waals surface area contributed by atoms with Gasteiger partial charge in [0.15, 0.2) is 5.76 Å². The normalized spacial score (nSPS) is 10.4. The number of nitrogens with zero attached hydrogens (tertiary/aromatic N) is 2. The van der Waals surface area contributed by atoms with Gasteiger partial charge in [-0.15, -0.1) is 0 Å². The molecule has 3 N–H and O–H groups in total. The standard InChI is InChI=1S/C18H18N4O5/c1-22-16(17(19)23)14(9-20-22)21-18(24)15-8-7-13(27-15)10-26-12-5-3-11(25-2)4-6-12/h3-9H,10H2,1-2H3,(H2,19,23)(H,21,24). The zero-order valence-electron chi connectivity index (χ0n) is 14.8. The van der Waals surface area contributed by atoms with Crippen molar-refractivity contribution < 1.29 is 23.5 Å². The van der Waals surface area contributed by atoms with Gasteiger partial charge in [-0.1, -0.05) is 0 Å². The number of amides is 2. The van der Waals surface area contributed by atoms with Crippen LogP contribution in [0, 0.1) is 0 Å². The third kappa shape index (κ3) is 4.09. The molecule has 9 nitrogen and oxygen atoms in total. The lowest BCUT2D eigenvalue weighted by atomic mass is 10.3. The Balaban J connectivity index is 1.63. The first kappa shape index (κ1) is 18.1. The summed E-state index contributed by atoms with van der Waals surface area (Å²) in [7, 11) is 3.14. The predicted molar refractivity (Wildman–Crippen MR) is 95.7 cm³/mol. The fourth-order valence-corrected chi connectivity index (χ4v) is 2.41. The summed E-state index contributed by atoms with van der Waals surface area (Å²) in [6, 6.07) is 10.2. The fourth-order valence-electron chi connectivity index (χ4n) is 2.41. The average molecular weight is 370 g/mol. The van der Waals surface area contributed by atoms with Gasteiger partial charge in [0.25, 0.3) is 11.8 Å². The maximum absolute atomic E-state index is 12.3. The predicted octanol–water partition coefficient (Wildman–Crippen LogP) is 1.95. The molecule has 3 aromatic rings. The molecule has 2 heterocycles. The molecule has 0 bridgehead atoms. The molecule has 0 fully saturated rings. The van der Waals surface area contributed by atoms with E-state index in [1.165, 1.54) is 16.9 Å². The van der Waals surface area contributed by atoms with Crippen molar-refractivity contribution in [2.24, 2.45) is 12.8 Å². The van der Waals surface area contributed by atoms with E-state index in [0.717, 1.165) is 5.75 Å². The van der Waals surface area contributed by atoms with Crippen LogP contribution in [0.4, 0.5) is 5.69 Å². The summed E-state index contributed by atoms with van der Waals surface area (Å²) in [6.45, 7) is 0.152. The number of primary amides is 1. The Kier molecular flexibility index (Phi) is 5.11. The third-order valence-corrected chi connectivity index (χ3v) is 3.75. The minimum atomic E-state index is -0.696. The van der Waals surface area contributed by atoms with Crippen molar-refractivity contribution in [3.05, 3.63) is 59.8 Å². The maximum atomic E-state index is 12.3. The quantitative estimate of drug-likeness (QED) is 0.655. The highest BCUT2D eigenvalue weighted by molar-refractivity contribution is 6.06. The molecule has 0 aliphatic carbocycles. The molecule has 2 amide bonds. The summed E-state index contributed by atoms with van der Waals surface area (Å²) in [6.07, 6.45) is 1.34. The fraction of sp³-hybridized carbons (Fsp3) is 0.167. The molecule has 0 radical (unpaired) electrons. The Bertz CT molecular complexity index is 959. The number of furan rings is 1. The van der Waals surface area contributed by atoms with Gasteiger partial charge in [0.05, 0.1) is 19.0 Å². The number of benzene rings is 1. The second-order valence-corrected chi connectivity index (χ2v) is 5.58. The van der Waals surface area contributed by atoms with Crippen LogP contribution in [0.1, 0.15) is 26.8 Å². The van der Waals surface area contributed by atoms with Gasteiger partial charge >= 0.3 is 0 Å². The van der Waals surface area contributed by atoms with Crippen LogP contribution in [0.3, 0.4) is 0 Å². The Morgan fingerprint density at radius 2 is 1.89 bits per heavy atom. The molecule has 0 atom stereocenters. The average Bonchev–Trinajstić information content (AvgIpc) is 3.27. The van der Waals surface area contributed by atoms with E-state index in [4.69, 9.17) is 19.6 Å². The lowest BCUT2D eigenvalue weighted by Gasteiger charge is -2.05. The number of nitrogens with one attached hydrogen (secondary N) is 1. The minimum absolute atomic E-state index is 0.0719. The van der Waals surface area contributed by atoms with Crippen LogP contribution in [0.5, 0.6) is 11.5 Å². The van der Waals surface area contributed by atoms with E-state index in [1.54, 1.807) is 44.5 Å². The van der Waals surface area contributed by atoms with Crippen molar-refractivity contribution in [1.82, 2.24) is 9.78 Å². The highest BCUT2D eigenvalue weighted by Crippen LogP contribution is 2.20. The molecule has 9 heteroatoms. The van der Waals surface area contributed by atoms with Crippen LogP contribution < -0.4 is 20.5 Å². The number of carbonyl (C=O) groups excluding carboxylic acids is 2. The van der Waals surface area contributed by atoms with Gasteiger partial charge in [0.1, 0.15) is 29.6 Å². The number of aromatic nitrogens is 2. The summed E-state index contributed by atoms with van der Waals surface area (Å²) in [5.74, 6) is 0.684. The van der Waals surface area contributed by atoms with Crippen LogP contribution in [0.25, 0.3) is 0 Å². The number of carbonyl (C=O) groups is 2. The lowest BCUT2D eigenvalue weighted by Crippen LogP contribution is -2.20. The molecule has 0 spiro atoms. The van der Waals surface area contributed by atoms with Gasteiger partial charge in [-0.2, -0.15) is 5.10 Å². The second kappa shape index (κ2) is 7.65. The summed E-state index contributed by atoms with van der Waals surface area (Å²) in [5.41, 5.74) is 5.60. The lowest BCUT2D eigenvalue weighted by molar-refractivity contribution is 0.0992.